The second kappa shape index (κ2) is 8.14. The first-order valence-electron chi connectivity index (χ1n) is 7.72. The molecular weight excluding hydrogens is 308 g/mol. The van der Waals surface area contributed by atoms with Gasteiger partial charge < -0.3 is 15.4 Å². The van der Waals surface area contributed by atoms with Gasteiger partial charge >= 0.3 is 0 Å². The summed E-state index contributed by atoms with van der Waals surface area (Å²) >= 11 is 0. The molecule has 7 heteroatoms. The summed E-state index contributed by atoms with van der Waals surface area (Å²) in [6.45, 7) is 4.10. The molecule has 1 heterocycles. The minimum Gasteiger partial charge on any atom is -0.497 e. The normalized spacial score (nSPS) is 11.8. The number of rotatable bonds is 7. The fourth-order valence-corrected chi connectivity index (χ4v) is 2.18. The Morgan fingerprint density at radius 2 is 1.92 bits per heavy atom. The first-order valence-corrected chi connectivity index (χ1v) is 7.72. The topological polar surface area (TPSA) is 96.1 Å². The van der Waals surface area contributed by atoms with Gasteiger partial charge in [0.05, 0.1) is 19.3 Å². The van der Waals surface area contributed by atoms with E-state index in [1.54, 1.807) is 43.6 Å². The molecule has 0 radical (unpaired) electrons. The van der Waals surface area contributed by atoms with Crippen LogP contribution in [0, 0.1) is 5.92 Å². The number of aromatic amines is 1. The van der Waals surface area contributed by atoms with E-state index >= 15 is 0 Å². The molecular formula is C17H22N4O3. The number of H-pyrrole nitrogens is 1. The average Bonchev–Trinajstić information content (AvgIpc) is 3.10. The molecule has 3 N–H and O–H groups in total. The summed E-state index contributed by atoms with van der Waals surface area (Å²) in [5.74, 6) is 0.0905. The van der Waals surface area contributed by atoms with Gasteiger partial charge in [-0.05, 0) is 36.2 Å². The molecule has 2 amide bonds. The molecule has 0 aliphatic carbocycles. The van der Waals surface area contributed by atoms with Crippen molar-refractivity contribution >= 4 is 11.8 Å². The maximum atomic E-state index is 12.4. The number of ether oxygens (including phenoxy) is 1. The molecule has 0 aliphatic rings. The first-order chi connectivity index (χ1) is 11.5. The Kier molecular flexibility index (Phi) is 5.95. The fraction of sp³-hybridized carbons (Fsp3) is 0.353. The van der Waals surface area contributed by atoms with Gasteiger partial charge in [0.2, 0.25) is 5.91 Å². The van der Waals surface area contributed by atoms with Gasteiger partial charge in [0.15, 0.2) is 0 Å². The van der Waals surface area contributed by atoms with Crippen molar-refractivity contribution in [1.82, 2.24) is 20.8 Å². The molecule has 7 nitrogen and oxygen atoms in total. The number of methoxy groups -OCH3 is 1. The highest BCUT2D eigenvalue weighted by molar-refractivity contribution is 5.97. The van der Waals surface area contributed by atoms with Crippen LogP contribution in [-0.2, 0) is 11.3 Å². The summed E-state index contributed by atoms with van der Waals surface area (Å²) in [5.41, 5.74) is 1.27. The third kappa shape index (κ3) is 4.58. The lowest BCUT2D eigenvalue weighted by Gasteiger charge is -2.21. The van der Waals surface area contributed by atoms with Crippen LogP contribution in [-0.4, -0.2) is 35.2 Å². The molecule has 128 valence electrons. The van der Waals surface area contributed by atoms with Crippen molar-refractivity contribution in [3.63, 3.8) is 0 Å². The Morgan fingerprint density at radius 1 is 1.21 bits per heavy atom. The molecule has 0 bridgehead atoms. The van der Waals surface area contributed by atoms with Crippen molar-refractivity contribution in [2.45, 2.75) is 26.4 Å². The van der Waals surface area contributed by atoms with Crippen LogP contribution >= 0.6 is 0 Å². The van der Waals surface area contributed by atoms with Crippen LogP contribution in [0.5, 0.6) is 5.75 Å². The number of amides is 2. The Balaban J connectivity index is 1.98. The Bertz CT molecular complexity index is 666. The highest BCUT2D eigenvalue weighted by Crippen LogP contribution is 2.12. The highest BCUT2D eigenvalue weighted by Gasteiger charge is 2.24. The van der Waals surface area contributed by atoms with E-state index in [1.165, 1.54) is 0 Å². The second-order valence-electron chi connectivity index (χ2n) is 5.72. The Hall–Kier alpha value is -2.83. The van der Waals surface area contributed by atoms with Crippen LogP contribution in [0.4, 0.5) is 0 Å². The number of benzene rings is 1. The summed E-state index contributed by atoms with van der Waals surface area (Å²) in [6.07, 6.45) is 1.62. The fourth-order valence-electron chi connectivity index (χ4n) is 2.18. The lowest BCUT2D eigenvalue weighted by molar-refractivity contribution is -0.124. The second-order valence-corrected chi connectivity index (χ2v) is 5.72. The number of nitrogens with zero attached hydrogens (tertiary/aromatic N) is 1. The zero-order chi connectivity index (χ0) is 17.5. The third-order valence-corrected chi connectivity index (χ3v) is 3.60. The highest BCUT2D eigenvalue weighted by atomic mass is 16.5. The predicted molar refractivity (Wildman–Crippen MR) is 89.5 cm³/mol. The van der Waals surface area contributed by atoms with Gasteiger partial charge in [-0.25, -0.2) is 0 Å². The van der Waals surface area contributed by atoms with Crippen LogP contribution in [0.2, 0.25) is 0 Å². The molecule has 0 unspecified atom stereocenters. The Morgan fingerprint density at radius 3 is 2.46 bits per heavy atom. The lowest BCUT2D eigenvalue weighted by atomic mass is 10.0. The van der Waals surface area contributed by atoms with E-state index in [1.807, 2.05) is 13.8 Å². The molecule has 1 aromatic carbocycles. The SMILES string of the molecule is COc1ccc(C(=O)N[C@H](C(=O)NCc2ccn[nH]2)C(C)C)cc1. The minimum absolute atomic E-state index is 0.0473. The number of carbonyl (C=O) groups excluding carboxylic acids is 2. The Labute approximate surface area is 140 Å². The monoisotopic (exact) mass is 330 g/mol. The minimum atomic E-state index is -0.623. The van der Waals surface area contributed by atoms with Crippen molar-refractivity contribution in [3.8, 4) is 5.75 Å². The molecule has 0 aliphatic heterocycles. The number of hydrogen-bond donors (Lipinski definition) is 3. The molecule has 0 saturated heterocycles. The summed E-state index contributed by atoms with van der Waals surface area (Å²) in [4.78, 5) is 24.7. The molecule has 0 spiro atoms. The number of carbonyl (C=O) groups is 2. The predicted octanol–water partition coefficient (Wildman–Crippen LogP) is 1.49. The summed E-state index contributed by atoms with van der Waals surface area (Å²) in [7, 11) is 1.56. The van der Waals surface area contributed by atoms with Crippen molar-refractivity contribution < 1.29 is 14.3 Å². The number of aromatic nitrogens is 2. The van der Waals surface area contributed by atoms with Gasteiger partial charge in [-0.1, -0.05) is 13.8 Å². The van der Waals surface area contributed by atoms with Crippen LogP contribution in [0.3, 0.4) is 0 Å². The summed E-state index contributed by atoms with van der Waals surface area (Å²) in [5, 5.41) is 12.2. The van der Waals surface area contributed by atoms with Crippen molar-refractivity contribution in [2.75, 3.05) is 7.11 Å². The van der Waals surface area contributed by atoms with Crippen LogP contribution < -0.4 is 15.4 Å². The summed E-state index contributed by atoms with van der Waals surface area (Å²) < 4.78 is 5.07. The number of hydrogen-bond acceptors (Lipinski definition) is 4. The molecule has 0 fully saturated rings. The maximum Gasteiger partial charge on any atom is 0.251 e. The van der Waals surface area contributed by atoms with Crippen molar-refractivity contribution in [2.24, 2.45) is 5.92 Å². The van der Waals surface area contributed by atoms with Crippen LogP contribution in [0.1, 0.15) is 29.9 Å². The molecule has 24 heavy (non-hydrogen) atoms. The third-order valence-electron chi connectivity index (χ3n) is 3.60. The smallest absolute Gasteiger partial charge is 0.251 e. The summed E-state index contributed by atoms with van der Waals surface area (Å²) in [6, 6.07) is 7.89. The first kappa shape index (κ1) is 17.5. The van der Waals surface area contributed by atoms with E-state index in [-0.39, 0.29) is 17.7 Å². The van der Waals surface area contributed by atoms with Crippen LogP contribution in [0.25, 0.3) is 0 Å². The standard InChI is InChI=1S/C17H22N4O3/c1-11(2)15(17(23)18-10-13-8-9-19-21-13)20-16(22)12-4-6-14(24-3)7-5-12/h4-9,11,15H,10H2,1-3H3,(H,18,23)(H,19,21)(H,20,22)/t15-/m0/s1. The largest absolute Gasteiger partial charge is 0.497 e. The van der Waals surface area contributed by atoms with Gasteiger partial charge in [0.25, 0.3) is 5.91 Å². The van der Waals surface area contributed by atoms with Crippen molar-refractivity contribution in [1.29, 1.82) is 0 Å². The quantitative estimate of drug-likeness (QED) is 0.716. The van der Waals surface area contributed by atoms with Gasteiger partial charge in [-0.2, -0.15) is 5.10 Å². The lowest BCUT2D eigenvalue weighted by Crippen LogP contribution is -2.49. The van der Waals surface area contributed by atoms with E-state index in [0.29, 0.717) is 17.9 Å². The van der Waals surface area contributed by atoms with Gasteiger partial charge in [-0.15, -0.1) is 0 Å². The van der Waals surface area contributed by atoms with E-state index in [9.17, 15) is 9.59 Å². The zero-order valence-electron chi connectivity index (χ0n) is 14.0. The zero-order valence-corrected chi connectivity index (χ0v) is 14.0. The van der Waals surface area contributed by atoms with E-state index in [0.717, 1.165) is 5.69 Å². The average molecular weight is 330 g/mol. The molecule has 2 aromatic rings. The van der Waals surface area contributed by atoms with E-state index in [2.05, 4.69) is 20.8 Å². The van der Waals surface area contributed by atoms with Gasteiger partial charge in [0, 0.05) is 11.8 Å². The molecule has 1 aromatic heterocycles. The molecule has 0 saturated carbocycles. The van der Waals surface area contributed by atoms with E-state index < -0.39 is 6.04 Å². The molecule has 1 atom stereocenters. The van der Waals surface area contributed by atoms with E-state index in [4.69, 9.17) is 4.74 Å². The maximum absolute atomic E-state index is 12.4. The van der Waals surface area contributed by atoms with Crippen LogP contribution in [0.15, 0.2) is 36.5 Å². The van der Waals surface area contributed by atoms with Crippen molar-refractivity contribution in [3.05, 3.63) is 47.8 Å². The number of nitrogens with one attached hydrogen (secondary N) is 3. The molecule has 2 rings (SSSR count). The van der Waals surface area contributed by atoms with Gasteiger partial charge in [0.1, 0.15) is 11.8 Å². The van der Waals surface area contributed by atoms with Gasteiger partial charge in [-0.3, -0.25) is 14.7 Å².